The van der Waals surface area contributed by atoms with Crippen LogP contribution < -0.4 is 10.8 Å². The molecule has 0 aliphatic heterocycles. The SMILES string of the molecule is C#CN=C(NCc1ccccc1)c1ccccc1.[B]c1cc(C)cc(Br)c1. The van der Waals surface area contributed by atoms with Gasteiger partial charge in [-0.15, -0.1) is 0 Å². The average molecular weight is 415 g/mol. The van der Waals surface area contributed by atoms with Gasteiger partial charge in [0.25, 0.3) is 0 Å². The van der Waals surface area contributed by atoms with E-state index >= 15 is 0 Å². The predicted molar refractivity (Wildman–Crippen MR) is 119 cm³/mol. The fourth-order valence-electron chi connectivity index (χ4n) is 2.41. The van der Waals surface area contributed by atoms with E-state index in [0.29, 0.717) is 6.54 Å². The second-order valence-electron chi connectivity index (χ2n) is 5.86. The van der Waals surface area contributed by atoms with E-state index < -0.39 is 0 Å². The van der Waals surface area contributed by atoms with E-state index in [2.05, 4.69) is 44.4 Å². The van der Waals surface area contributed by atoms with E-state index in [0.717, 1.165) is 21.3 Å². The molecule has 0 aliphatic carbocycles. The van der Waals surface area contributed by atoms with Crippen LogP contribution in [0.2, 0.25) is 0 Å². The molecule has 0 atom stereocenters. The summed E-state index contributed by atoms with van der Waals surface area (Å²) in [5.41, 5.74) is 4.17. The molecule has 0 unspecified atom stereocenters. The molecule has 0 heterocycles. The van der Waals surface area contributed by atoms with Crippen LogP contribution in [0, 0.1) is 19.4 Å². The minimum atomic E-state index is 0.705. The van der Waals surface area contributed by atoms with Crippen LogP contribution in [0.1, 0.15) is 16.7 Å². The number of rotatable bonds is 3. The summed E-state index contributed by atoms with van der Waals surface area (Å²) in [6.45, 7) is 2.72. The zero-order chi connectivity index (χ0) is 19.5. The van der Waals surface area contributed by atoms with Crippen molar-refractivity contribution in [3.05, 3.63) is 100 Å². The van der Waals surface area contributed by atoms with Gasteiger partial charge in [0.1, 0.15) is 13.7 Å². The van der Waals surface area contributed by atoms with Crippen molar-refractivity contribution in [2.24, 2.45) is 4.99 Å². The van der Waals surface area contributed by atoms with Crippen molar-refractivity contribution < 1.29 is 0 Å². The van der Waals surface area contributed by atoms with Gasteiger partial charge in [-0.25, -0.2) is 0 Å². The van der Waals surface area contributed by atoms with Gasteiger partial charge in [0, 0.05) is 22.6 Å². The smallest absolute Gasteiger partial charge is 0.144 e. The highest BCUT2D eigenvalue weighted by atomic mass is 79.9. The molecule has 2 nitrogen and oxygen atoms in total. The Labute approximate surface area is 171 Å². The van der Waals surface area contributed by atoms with Gasteiger partial charge in [0.2, 0.25) is 0 Å². The van der Waals surface area contributed by atoms with E-state index in [1.165, 1.54) is 11.1 Å². The zero-order valence-corrected chi connectivity index (χ0v) is 16.8. The maximum absolute atomic E-state index is 5.53. The van der Waals surface area contributed by atoms with E-state index in [1.807, 2.05) is 73.7 Å². The quantitative estimate of drug-likeness (QED) is 0.292. The third-order valence-corrected chi connectivity index (χ3v) is 4.05. The number of benzene rings is 3. The first-order chi connectivity index (χ1) is 13.1. The Balaban J connectivity index is 0.000000244. The standard InChI is InChI=1S/C16H14N2.C7H6BBr/c1-2-17-16(15-11-7-4-8-12-15)18-13-14-9-5-3-6-10-14;1-5-2-6(8)4-7(9)3-5/h1,3-12H,13H2,(H,17,18);2-4H,1H3. The van der Waals surface area contributed by atoms with Gasteiger partial charge >= 0.3 is 0 Å². The molecule has 0 fully saturated rings. The van der Waals surface area contributed by atoms with E-state index in [4.69, 9.17) is 14.3 Å². The van der Waals surface area contributed by atoms with Gasteiger partial charge in [0.15, 0.2) is 0 Å². The molecule has 132 valence electrons. The number of aryl methyl sites for hydroxylation is 1. The molecule has 0 bridgehead atoms. The van der Waals surface area contributed by atoms with Crippen molar-refractivity contribution in [1.82, 2.24) is 5.32 Å². The zero-order valence-electron chi connectivity index (χ0n) is 15.2. The molecule has 3 aromatic rings. The molecule has 3 rings (SSSR count). The van der Waals surface area contributed by atoms with Crippen LogP contribution in [-0.4, -0.2) is 13.7 Å². The maximum atomic E-state index is 5.53. The van der Waals surface area contributed by atoms with Crippen LogP contribution in [0.25, 0.3) is 0 Å². The number of halogens is 1. The van der Waals surface area contributed by atoms with Crippen molar-refractivity contribution in [2.75, 3.05) is 0 Å². The Morgan fingerprint density at radius 1 is 1.04 bits per heavy atom. The molecule has 0 spiro atoms. The monoisotopic (exact) mass is 414 g/mol. The molecule has 4 heteroatoms. The molecule has 27 heavy (non-hydrogen) atoms. The summed E-state index contributed by atoms with van der Waals surface area (Å²) in [5.74, 6) is 0.724. The fourth-order valence-corrected chi connectivity index (χ4v) is 3.04. The summed E-state index contributed by atoms with van der Waals surface area (Å²) in [7, 11) is 5.53. The van der Waals surface area contributed by atoms with Crippen LogP contribution in [-0.2, 0) is 6.54 Å². The molecular weight excluding hydrogens is 395 g/mol. The average Bonchev–Trinajstić information content (AvgIpc) is 2.66. The molecular formula is C23H20BBrN2. The lowest BCUT2D eigenvalue weighted by atomic mass is 9.95. The lowest BCUT2D eigenvalue weighted by molar-refractivity contribution is 0.915. The third-order valence-electron chi connectivity index (χ3n) is 3.59. The van der Waals surface area contributed by atoms with Crippen molar-refractivity contribution in [3.8, 4) is 12.5 Å². The molecule has 2 radical (unpaired) electrons. The Hall–Kier alpha value is -2.77. The Kier molecular flexibility index (Phi) is 8.41. The lowest BCUT2D eigenvalue weighted by Gasteiger charge is -2.08. The number of nitrogens with one attached hydrogen (secondary N) is 1. The summed E-state index contributed by atoms with van der Waals surface area (Å²) < 4.78 is 1.04. The highest BCUT2D eigenvalue weighted by molar-refractivity contribution is 9.10. The number of nitrogens with zero attached hydrogens (tertiary/aromatic N) is 1. The molecule has 0 aromatic heterocycles. The molecule has 0 aliphatic rings. The minimum absolute atomic E-state index is 0.705. The van der Waals surface area contributed by atoms with Gasteiger partial charge < -0.3 is 5.32 Å². The summed E-state index contributed by atoms with van der Waals surface area (Å²) >= 11 is 3.33. The number of aliphatic imine (C=N–C) groups is 1. The first-order valence-electron chi connectivity index (χ1n) is 8.47. The van der Waals surface area contributed by atoms with Gasteiger partial charge in [0.05, 0.1) is 0 Å². The number of hydrogen-bond acceptors (Lipinski definition) is 1. The maximum Gasteiger partial charge on any atom is 0.144 e. The third kappa shape index (κ3) is 7.56. The van der Waals surface area contributed by atoms with E-state index in [-0.39, 0.29) is 0 Å². The molecule has 0 amide bonds. The molecule has 1 N–H and O–H groups in total. The normalized spacial score (nSPS) is 10.3. The van der Waals surface area contributed by atoms with Crippen LogP contribution in [0.15, 0.2) is 88.3 Å². The largest absolute Gasteiger partial charge is 0.365 e. The predicted octanol–water partition coefficient (Wildman–Crippen LogP) is 4.37. The first kappa shape index (κ1) is 20.5. The molecule has 0 saturated heterocycles. The Morgan fingerprint density at radius 2 is 1.67 bits per heavy atom. The second-order valence-corrected chi connectivity index (χ2v) is 6.77. The summed E-state index contributed by atoms with van der Waals surface area (Å²) in [6.07, 6.45) is 5.26. The van der Waals surface area contributed by atoms with Crippen LogP contribution in [0.3, 0.4) is 0 Å². The number of hydrogen-bond donors (Lipinski definition) is 1. The van der Waals surface area contributed by atoms with Gasteiger partial charge in [-0.3, -0.25) is 0 Å². The minimum Gasteiger partial charge on any atom is -0.365 e. The van der Waals surface area contributed by atoms with Crippen molar-refractivity contribution in [3.63, 3.8) is 0 Å². The number of terminal acetylenes is 1. The van der Waals surface area contributed by atoms with Gasteiger partial charge in [-0.2, -0.15) is 4.99 Å². The van der Waals surface area contributed by atoms with E-state index in [1.54, 1.807) is 0 Å². The topological polar surface area (TPSA) is 24.4 Å². The van der Waals surface area contributed by atoms with Crippen molar-refractivity contribution >= 4 is 35.1 Å². The first-order valence-corrected chi connectivity index (χ1v) is 9.27. The molecule has 3 aromatic carbocycles. The number of amidine groups is 1. The van der Waals surface area contributed by atoms with Crippen LogP contribution >= 0.6 is 15.9 Å². The van der Waals surface area contributed by atoms with Crippen LogP contribution in [0.4, 0.5) is 0 Å². The van der Waals surface area contributed by atoms with Gasteiger partial charge in [-0.1, -0.05) is 106 Å². The Morgan fingerprint density at radius 3 is 2.22 bits per heavy atom. The van der Waals surface area contributed by atoms with Crippen LogP contribution in [0.5, 0.6) is 0 Å². The highest BCUT2D eigenvalue weighted by Gasteiger charge is 2.01. The summed E-state index contributed by atoms with van der Waals surface area (Å²) in [5, 5.41) is 3.26. The lowest BCUT2D eigenvalue weighted by Crippen LogP contribution is -2.23. The Bertz CT molecular complexity index is 866. The summed E-state index contributed by atoms with van der Waals surface area (Å²) in [4.78, 5) is 4.04. The highest BCUT2D eigenvalue weighted by Crippen LogP contribution is 2.08. The fraction of sp³-hybridized carbons (Fsp3) is 0.0870. The second kappa shape index (κ2) is 11.1. The molecule has 0 saturated carbocycles. The van der Waals surface area contributed by atoms with Gasteiger partial charge in [-0.05, 0) is 18.6 Å². The van der Waals surface area contributed by atoms with Crippen molar-refractivity contribution in [2.45, 2.75) is 13.5 Å². The van der Waals surface area contributed by atoms with E-state index in [9.17, 15) is 0 Å². The van der Waals surface area contributed by atoms with Crippen molar-refractivity contribution in [1.29, 1.82) is 0 Å². The summed E-state index contributed by atoms with van der Waals surface area (Å²) in [6, 6.07) is 28.2.